The first-order valence-electron chi connectivity index (χ1n) is 16.6. The van der Waals surface area contributed by atoms with Gasteiger partial charge in [-0.15, -0.1) is 0 Å². The number of benzene rings is 6. The molecule has 0 saturated heterocycles. The lowest BCUT2D eigenvalue weighted by Gasteiger charge is -2.39. The maximum Gasteiger partial charge on any atom is 0.176 e. The van der Waals surface area contributed by atoms with Crippen molar-refractivity contribution >= 4 is 23.6 Å². The maximum atomic E-state index is 16.2. The molecule has 0 saturated carbocycles. The highest BCUT2D eigenvalue weighted by atomic mass is 28.3. The minimum atomic E-state index is -3.67. The summed E-state index contributed by atoms with van der Waals surface area (Å²) in [7, 11) is -3.67. The largest absolute Gasteiger partial charge is 0.207 e. The van der Waals surface area contributed by atoms with Crippen LogP contribution in [0.2, 0.25) is 0 Å². The molecule has 0 heterocycles. The molecule has 0 N–H and O–H groups in total. The van der Waals surface area contributed by atoms with Crippen molar-refractivity contribution in [3.8, 4) is 33.4 Å². The van der Waals surface area contributed by atoms with E-state index >= 15 is 13.2 Å². The van der Waals surface area contributed by atoms with Gasteiger partial charge in [0.05, 0.1) is 0 Å². The second-order valence-corrected chi connectivity index (χ2v) is 16.9. The normalized spacial score (nSPS) is 14.9. The van der Waals surface area contributed by atoms with Gasteiger partial charge in [-0.3, -0.25) is 0 Å². The van der Waals surface area contributed by atoms with Gasteiger partial charge in [0.2, 0.25) is 0 Å². The van der Waals surface area contributed by atoms with E-state index in [-0.39, 0.29) is 5.92 Å². The zero-order valence-corrected chi connectivity index (χ0v) is 29.1. The SMILES string of the molecule is CC1=C(C)C(C)C([Si](c2cc(F)cc(-c3ccccc3)c2)(c2cc(F)cc(-c3ccccc3)c2)c2cc(F)cc(-c3ccccc3)c2)=C1C. The molecule has 0 amide bonds. The summed E-state index contributed by atoms with van der Waals surface area (Å²) >= 11 is 0. The Morgan fingerprint density at radius 3 is 1.02 bits per heavy atom. The molecule has 0 bridgehead atoms. The average molecular weight is 663 g/mol. The van der Waals surface area contributed by atoms with Crippen molar-refractivity contribution < 1.29 is 13.2 Å². The zero-order valence-electron chi connectivity index (χ0n) is 28.1. The van der Waals surface area contributed by atoms with E-state index in [1.54, 1.807) is 36.4 Å². The fraction of sp³-hybridized carbons (Fsp3) is 0.111. The molecule has 0 fully saturated rings. The van der Waals surface area contributed by atoms with Crippen LogP contribution in [0.3, 0.4) is 0 Å². The lowest BCUT2D eigenvalue weighted by Crippen LogP contribution is -2.70. The Morgan fingerprint density at radius 1 is 0.408 bits per heavy atom. The second kappa shape index (κ2) is 13.0. The Morgan fingerprint density at radius 2 is 0.735 bits per heavy atom. The van der Waals surface area contributed by atoms with Crippen LogP contribution in [-0.4, -0.2) is 8.07 Å². The summed E-state index contributed by atoms with van der Waals surface area (Å²) in [6.45, 7) is 8.55. The standard InChI is InChI=1S/C45H37F3Si/c1-29-30(2)32(4)45(31(29)3)49(42-23-36(20-39(46)26-42)33-14-8-5-9-15-33,43-24-37(21-40(47)27-43)34-16-10-6-11-17-34)44-25-38(22-41(48)28-44)35-18-12-7-13-19-35/h5-28,31H,1-4H3. The topological polar surface area (TPSA) is 0 Å². The maximum absolute atomic E-state index is 16.2. The van der Waals surface area contributed by atoms with Crippen LogP contribution in [0.1, 0.15) is 27.7 Å². The fourth-order valence-corrected chi connectivity index (χ4v) is 13.5. The van der Waals surface area contributed by atoms with Gasteiger partial charge in [0.25, 0.3) is 0 Å². The van der Waals surface area contributed by atoms with Gasteiger partial charge >= 0.3 is 0 Å². The van der Waals surface area contributed by atoms with Crippen molar-refractivity contribution in [3.05, 3.63) is 185 Å². The summed E-state index contributed by atoms with van der Waals surface area (Å²) in [5.74, 6) is -1.21. The summed E-state index contributed by atoms with van der Waals surface area (Å²) in [6, 6.07) is 44.8. The fourth-order valence-electron chi connectivity index (χ4n) is 7.75. The van der Waals surface area contributed by atoms with Crippen molar-refractivity contribution in [3.63, 3.8) is 0 Å². The predicted molar refractivity (Wildman–Crippen MR) is 200 cm³/mol. The molecule has 1 aliphatic rings. The minimum absolute atomic E-state index is 0.0398. The molecule has 7 rings (SSSR count). The average Bonchev–Trinajstić information content (AvgIpc) is 3.31. The Balaban J connectivity index is 1.67. The minimum Gasteiger partial charge on any atom is -0.207 e. The van der Waals surface area contributed by atoms with Crippen molar-refractivity contribution in [1.82, 2.24) is 0 Å². The molecule has 6 aromatic carbocycles. The Hall–Kier alpha value is -5.19. The quantitative estimate of drug-likeness (QED) is 0.118. The summed E-state index contributed by atoms with van der Waals surface area (Å²) in [5, 5.41) is 3.33. The smallest absolute Gasteiger partial charge is 0.176 e. The van der Waals surface area contributed by atoms with Gasteiger partial charge in [-0.05, 0) is 118 Å². The van der Waals surface area contributed by atoms with Crippen LogP contribution in [-0.2, 0) is 0 Å². The molecule has 1 unspecified atom stereocenters. The van der Waals surface area contributed by atoms with Gasteiger partial charge in [-0.1, -0.05) is 132 Å². The second-order valence-electron chi connectivity index (χ2n) is 13.1. The van der Waals surface area contributed by atoms with Crippen LogP contribution < -0.4 is 15.6 Å². The van der Waals surface area contributed by atoms with E-state index in [1.165, 1.54) is 11.1 Å². The molecule has 0 spiro atoms. The highest BCUT2D eigenvalue weighted by molar-refractivity contribution is 7.16. The highest BCUT2D eigenvalue weighted by Gasteiger charge is 2.49. The molecule has 0 radical (unpaired) electrons. The molecule has 0 aromatic heterocycles. The molecule has 49 heavy (non-hydrogen) atoms. The van der Waals surface area contributed by atoms with Crippen molar-refractivity contribution in [1.29, 1.82) is 0 Å². The van der Waals surface area contributed by atoms with Gasteiger partial charge in [-0.25, -0.2) is 13.2 Å². The predicted octanol–water partition coefficient (Wildman–Crippen LogP) is 10.4. The van der Waals surface area contributed by atoms with E-state index < -0.39 is 25.5 Å². The van der Waals surface area contributed by atoms with Crippen LogP contribution in [0.15, 0.2) is 168 Å². The van der Waals surface area contributed by atoms with E-state index in [9.17, 15) is 0 Å². The van der Waals surface area contributed by atoms with E-state index in [0.717, 1.165) is 59.7 Å². The Labute approximate surface area is 287 Å². The molecule has 0 nitrogen and oxygen atoms in total. The number of hydrogen-bond acceptors (Lipinski definition) is 0. The number of halogens is 3. The summed E-state index contributed by atoms with van der Waals surface area (Å²) in [6.07, 6.45) is 0. The molecular formula is C45H37F3Si. The number of allylic oxidation sites excluding steroid dienone is 4. The van der Waals surface area contributed by atoms with Gasteiger partial charge in [0.1, 0.15) is 17.5 Å². The van der Waals surface area contributed by atoms with Crippen molar-refractivity contribution in [2.24, 2.45) is 5.92 Å². The van der Waals surface area contributed by atoms with Gasteiger partial charge in [0, 0.05) is 0 Å². The lowest BCUT2D eigenvalue weighted by atomic mass is 10.0. The molecule has 4 heteroatoms. The Kier molecular flexibility index (Phi) is 8.60. The lowest BCUT2D eigenvalue weighted by molar-refractivity contribution is 0.629. The van der Waals surface area contributed by atoms with Crippen LogP contribution in [0.5, 0.6) is 0 Å². The molecule has 0 aliphatic heterocycles. The molecule has 1 atom stereocenters. The third-order valence-electron chi connectivity index (χ3n) is 10.4. The third kappa shape index (κ3) is 5.81. The van der Waals surface area contributed by atoms with Crippen molar-refractivity contribution in [2.45, 2.75) is 27.7 Å². The third-order valence-corrected chi connectivity index (χ3v) is 15.4. The molecule has 6 aromatic rings. The van der Waals surface area contributed by atoms with Crippen LogP contribution in [0, 0.1) is 23.4 Å². The van der Waals surface area contributed by atoms with Crippen LogP contribution >= 0.6 is 0 Å². The summed E-state index contributed by atoms with van der Waals surface area (Å²) in [5.41, 5.74) is 8.24. The molecular weight excluding hydrogens is 626 g/mol. The van der Waals surface area contributed by atoms with Gasteiger partial charge < -0.3 is 0 Å². The highest BCUT2D eigenvalue weighted by Crippen LogP contribution is 2.42. The number of hydrogen-bond donors (Lipinski definition) is 0. The van der Waals surface area contributed by atoms with E-state index in [0.29, 0.717) is 0 Å². The number of rotatable bonds is 7. The first-order chi connectivity index (χ1) is 23.7. The summed E-state index contributed by atoms with van der Waals surface area (Å²) < 4.78 is 48.6. The first kappa shape index (κ1) is 32.4. The van der Waals surface area contributed by atoms with Crippen LogP contribution in [0.4, 0.5) is 13.2 Å². The van der Waals surface area contributed by atoms with E-state index in [1.807, 2.05) is 91.0 Å². The van der Waals surface area contributed by atoms with Gasteiger partial charge in [-0.2, -0.15) is 0 Å². The first-order valence-corrected chi connectivity index (χ1v) is 18.6. The summed E-state index contributed by atoms with van der Waals surface area (Å²) in [4.78, 5) is 0. The zero-order chi connectivity index (χ0) is 34.3. The monoisotopic (exact) mass is 662 g/mol. The van der Waals surface area contributed by atoms with Crippen LogP contribution in [0.25, 0.3) is 33.4 Å². The van der Waals surface area contributed by atoms with E-state index in [4.69, 9.17) is 0 Å². The van der Waals surface area contributed by atoms with E-state index in [2.05, 4.69) is 45.9 Å². The molecule has 242 valence electrons. The van der Waals surface area contributed by atoms with Crippen molar-refractivity contribution in [2.75, 3.05) is 0 Å². The molecule has 1 aliphatic carbocycles. The Bertz CT molecular complexity index is 2020. The van der Waals surface area contributed by atoms with Gasteiger partial charge in [0.15, 0.2) is 8.07 Å².